The molecule has 38 heavy (non-hydrogen) atoms. The molecule has 1 unspecified atom stereocenters. The van der Waals surface area contributed by atoms with Gasteiger partial charge in [0.1, 0.15) is 5.82 Å². The minimum atomic E-state index is -1.46. The maximum atomic E-state index is 7.30. The number of nitrogens with zero attached hydrogens (tertiary/aromatic N) is 2. The lowest BCUT2D eigenvalue weighted by atomic mass is 9.82. The van der Waals surface area contributed by atoms with Crippen molar-refractivity contribution in [1.29, 1.82) is 0 Å². The molecule has 3 atom stereocenters. The Bertz CT molecular complexity index is 1300. The van der Waals surface area contributed by atoms with Crippen LogP contribution in [-0.2, 0) is 9.84 Å². The van der Waals surface area contributed by atoms with Gasteiger partial charge in [0.15, 0.2) is 5.75 Å². The summed E-state index contributed by atoms with van der Waals surface area (Å²) in [6.45, 7) is 11.4. The van der Waals surface area contributed by atoms with Crippen LogP contribution in [-0.4, -0.2) is 31.7 Å². The summed E-state index contributed by atoms with van der Waals surface area (Å²) in [5.41, 5.74) is 2.00. The van der Waals surface area contributed by atoms with Crippen LogP contribution in [0.2, 0.25) is 0 Å². The van der Waals surface area contributed by atoms with Gasteiger partial charge in [-0.05, 0) is 47.5 Å². The summed E-state index contributed by atoms with van der Waals surface area (Å²) in [4.78, 5) is 8.89. The summed E-state index contributed by atoms with van der Waals surface area (Å²) in [5.74, 6) is 1.83. The summed E-state index contributed by atoms with van der Waals surface area (Å²) in [6, 6.07) is 32.3. The fourth-order valence-electron chi connectivity index (χ4n) is 5.47. The van der Waals surface area contributed by atoms with Gasteiger partial charge in [0.25, 0.3) is 9.04 Å². The molecule has 1 radical (unpaired) electrons. The third kappa shape index (κ3) is 5.59. The Morgan fingerprint density at radius 2 is 1.42 bits per heavy atom. The van der Waals surface area contributed by atoms with Crippen LogP contribution in [0.25, 0.3) is 0 Å². The van der Waals surface area contributed by atoms with Crippen LogP contribution in [0.15, 0.2) is 97.2 Å². The van der Waals surface area contributed by atoms with Gasteiger partial charge in [-0.1, -0.05) is 112 Å². The molecular weight excluding hydrogens is 484 g/mol. The van der Waals surface area contributed by atoms with Crippen molar-refractivity contribution in [3.63, 3.8) is 0 Å². The third-order valence-electron chi connectivity index (χ3n) is 7.56. The monoisotopic (exact) mass is 521 g/mol. The van der Waals surface area contributed by atoms with E-state index >= 15 is 0 Å². The Kier molecular flexibility index (Phi) is 7.51. The summed E-state index contributed by atoms with van der Waals surface area (Å²) in [7, 11) is -1.46. The van der Waals surface area contributed by atoms with Crippen molar-refractivity contribution in [2.75, 3.05) is 6.61 Å². The quantitative estimate of drug-likeness (QED) is 0.266. The molecule has 0 bridgehead atoms. The number of hydrogen-bond acceptors (Lipinski definition) is 4. The normalized spacial score (nSPS) is 19.8. The van der Waals surface area contributed by atoms with Gasteiger partial charge >= 0.3 is 0 Å². The Hall–Kier alpha value is -3.28. The maximum Gasteiger partial charge on any atom is 0.283 e. The Balaban J connectivity index is 1.49. The first-order valence-corrected chi connectivity index (χ1v) is 14.8. The standard InChI is InChI=1S/C33H37N2O2Si/c1-24-30(22-34-25(2)35-24)36-23-33(26-15-9-6-10-16-26)21-29(33)31(32(3,4)5)37-38(27-17-11-7-12-18-27)28-19-13-8-14-20-28/h6-20,22,29,31H,21,23H2,1-5H3/t29-,31?,33+/m0/s1. The molecular formula is C33H37N2O2Si. The number of hydrogen-bond donors (Lipinski definition) is 0. The second kappa shape index (κ2) is 10.8. The van der Waals surface area contributed by atoms with E-state index in [4.69, 9.17) is 9.16 Å². The Morgan fingerprint density at radius 1 is 0.868 bits per heavy atom. The first-order valence-electron chi connectivity index (χ1n) is 13.4. The van der Waals surface area contributed by atoms with Crippen LogP contribution in [0, 0.1) is 25.2 Å². The molecule has 0 spiro atoms. The van der Waals surface area contributed by atoms with E-state index in [0.29, 0.717) is 12.5 Å². The first-order chi connectivity index (χ1) is 18.3. The second-order valence-electron chi connectivity index (χ2n) is 11.5. The lowest BCUT2D eigenvalue weighted by Gasteiger charge is -2.36. The SMILES string of the molecule is Cc1ncc(OC[C@@]2(c3ccccc3)C[C@H]2C(O[Si](c2ccccc2)c2ccccc2)C(C)(C)C)c(C)n1. The van der Waals surface area contributed by atoms with Crippen molar-refractivity contribution < 1.29 is 9.16 Å². The van der Waals surface area contributed by atoms with Gasteiger partial charge in [0.05, 0.1) is 24.6 Å². The van der Waals surface area contributed by atoms with Crippen molar-refractivity contribution in [2.24, 2.45) is 11.3 Å². The average molecular weight is 522 g/mol. The summed E-state index contributed by atoms with van der Waals surface area (Å²) >= 11 is 0. The fraction of sp³-hybridized carbons (Fsp3) is 0.333. The van der Waals surface area contributed by atoms with Gasteiger partial charge in [-0.15, -0.1) is 0 Å². The number of rotatable bonds is 9. The Labute approximate surface area is 228 Å². The lowest BCUT2D eigenvalue weighted by Crippen LogP contribution is -2.51. The maximum absolute atomic E-state index is 7.30. The van der Waals surface area contributed by atoms with E-state index in [1.807, 2.05) is 13.8 Å². The molecule has 1 fully saturated rings. The first kappa shape index (κ1) is 26.3. The molecule has 0 N–H and O–H groups in total. The molecule has 4 nitrogen and oxygen atoms in total. The van der Waals surface area contributed by atoms with Gasteiger partial charge in [0, 0.05) is 5.41 Å². The van der Waals surface area contributed by atoms with Gasteiger partial charge in [-0.3, -0.25) is 0 Å². The molecule has 1 aliphatic carbocycles. The van der Waals surface area contributed by atoms with E-state index in [1.165, 1.54) is 15.9 Å². The van der Waals surface area contributed by atoms with Gasteiger partial charge in [-0.2, -0.15) is 0 Å². The van der Waals surface area contributed by atoms with E-state index in [2.05, 4.69) is 122 Å². The second-order valence-corrected chi connectivity index (χ2v) is 13.5. The van der Waals surface area contributed by atoms with E-state index in [0.717, 1.165) is 23.7 Å². The van der Waals surface area contributed by atoms with Crippen LogP contribution < -0.4 is 15.1 Å². The highest BCUT2D eigenvalue weighted by molar-refractivity contribution is 6.80. The molecule has 3 aromatic carbocycles. The molecule has 0 amide bonds. The van der Waals surface area contributed by atoms with E-state index < -0.39 is 9.04 Å². The third-order valence-corrected chi connectivity index (χ3v) is 9.76. The van der Waals surface area contributed by atoms with E-state index in [9.17, 15) is 0 Å². The largest absolute Gasteiger partial charge is 0.489 e. The lowest BCUT2D eigenvalue weighted by molar-refractivity contribution is 0.0576. The number of aromatic nitrogens is 2. The summed E-state index contributed by atoms with van der Waals surface area (Å²) in [5, 5.41) is 2.54. The zero-order valence-electron chi connectivity index (χ0n) is 23.0. The zero-order valence-corrected chi connectivity index (χ0v) is 24.0. The number of benzene rings is 3. The van der Waals surface area contributed by atoms with Crippen molar-refractivity contribution in [2.45, 2.75) is 52.6 Å². The van der Waals surface area contributed by atoms with Gasteiger partial charge < -0.3 is 9.16 Å². The molecule has 1 heterocycles. The molecule has 1 aromatic heterocycles. The molecule has 0 aliphatic heterocycles. The molecule has 1 aliphatic rings. The average Bonchev–Trinajstić information content (AvgIpc) is 3.64. The highest BCUT2D eigenvalue weighted by Gasteiger charge is 2.62. The predicted octanol–water partition coefficient (Wildman–Crippen LogP) is 5.67. The molecule has 1 saturated carbocycles. The molecule has 5 rings (SSSR count). The minimum absolute atomic E-state index is 0.0518. The van der Waals surface area contributed by atoms with Gasteiger partial charge in [-0.25, -0.2) is 9.97 Å². The highest BCUT2D eigenvalue weighted by atomic mass is 28.3. The topological polar surface area (TPSA) is 44.2 Å². The summed E-state index contributed by atoms with van der Waals surface area (Å²) < 4.78 is 13.8. The smallest absolute Gasteiger partial charge is 0.283 e. The summed E-state index contributed by atoms with van der Waals surface area (Å²) in [6.07, 6.45) is 2.87. The van der Waals surface area contributed by atoms with E-state index in [-0.39, 0.29) is 16.9 Å². The minimum Gasteiger partial charge on any atom is -0.489 e. The van der Waals surface area contributed by atoms with Crippen LogP contribution in [0.4, 0.5) is 0 Å². The molecule has 0 saturated heterocycles. The van der Waals surface area contributed by atoms with Gasteiger partial charge in [0.2, 0.25) is 0 Å². The molecule has 4 aromatic rings. The van der Waals surface area contributed by atoms with Crippen molar-refractivity contribution >= 4 is 19.4 Å². The Morgan fingerprint density at radius 3 is 1.95 bits per heavy atom. The predicted molar refractivity (Wildman–Crippen MR) is 155 cm³/mol. The van der Waals surface area contributed by atoms with E-state index in [1.54, 1.807) is 6.20 Å². The van der Waals surface area contributed by atoms with Crippen molar-refractivity contribution in [3.8, 4) is 5.75 Å². The van der Waals surface area contributed by atoms with Crippen LogP contribution >= 0.6 is 0 Å². The number of aryl methyl sites for hydroxylation is 2. The number of ether oxygens (including phenoxy) is 1. The van der Waals surface area contributed by atoms with Crippen LogP contribution in [0.3, 0.4) is 0 Å². The highest BCUT2D eigenvalue weighted by Crippen LogP contribution is 2.59. The van der Waals surface area contributed by atoms with Crippen molar-refractivity contribution in [3.05, 3.63) is 114 Å². The molecule has 5 heteroatoms. The molecule has 195 valence electrons. The fourth-order valence-corrected chi connectivity index (χ4v) is 7.84. The van der Waals surface area contributed by atoms with Crippen LogP contribution in [0.5, 0.6) is 5.75 Å². The van der Waals surface area contributed by atoms with Crippen LogP contribution in [0.1, 0.15) is 44.3 Å². The van der Waals surface area contributed by atoms with Crippen molar-refractivity contribution in [1.82, 2.24) is 9.97 Å². The zero-order chi connectivity index (χ0) is 26.8.